The molecule has 1 heterocycles. The van der Waals surface area contributed by atoms with Gasteiger partial charge in [0, 0.05) is 25.7 Å². The summed E-state index contributed by atoms with van der Waals surface area (Å²) in [6, 6.07) is 17.1. The van der Waals surface area contributed by atoms with Crippen LogP contribution in [-0.2, 0) is 23.2 Å². The van der Waals surface area contributed by atoms with Gasteiger partial charge in [0.15, 0.2) is 0 Å². The molecule has 2 aromatic carbocycles. The predicted octanol–water partition coefficient (Wildman–Crippen LogP) is 2.00. The lowest BCUT2D eigenvalue weighted by atomic mass is 10.0. The minimum Gasteiger partial charge on any atom is -0.323 e. The average molecular weight is 368 g/mol. The summed E-state index contributed by atoms with van der Waals surface area (Å²) >= 11 is 0. The van der Waals surface area contributed by atoms with Crippen LogP contribution in [0.15, 0.2) is 54.6 Å². The van der Waals surface area contributed by atoms with Crippen LogP contribution in [-0.4, -0.2) is 25.8 Å². The van der Waals surface area contributed by atoms with Gasteiger partial charge >= 0.3 is 0 Å². The monoisotopic (exact) mass is 367 g/mol. The highest BCUT2D eigenvalue weighted by atomic mass is 35.5. The van der Waals surface area contributed by atoms with E-state index in [0.717, 1.165) is 17.5 Å². The molecule has 0 amide bonds. The first-order valence-electron chi connectivity index (χ1n) is 7.68. The number of nitrogens with one attached hydrogen (secondary N) is 1. The van der Waals surface area contributed by atoms with Gasteiger partial charge in [0.1, 0.15) is 0 Å². The first-order chi connectivity index (χ1) is 11.1. The third-order valence-electron chi connectivity index (χ3n) is 4.15. The second-order valence-electron chi connectivity index (χ2n) is 5.72. The van der Waals surface area contributed by atoms with Crippen LogP contribution in [0.2, 0.25) is 0 Å². The van der Waals surface area contributed by atoms with Crippen LogP contribution in [0.5, 0.6) is 0 Å². The van der Waals surface area contributed by atoms with Crippen molar-refractivity contribution in [1.29, 1.82) is 0 Å². The lowest BCUT2D eigenvalue weighted by Gasteiger charge is -2.28. The molecular formula is C17H22ClN3O2S. The van der Waals surface area contributed by atoms with Gasteiger partial charge in [-0.1, -0.05) is 54.6 Å². The molecule has 24 heavy (non-hydrogen) atoms. The molecule has 1 aliphatic rings. The number of fused-ring (bicyclic) bond motifs is 1. The molecule has 0 spiro atoms. The summed E-state index contributed by atoms with van der Waals surface area (Å²) < 4.78 is 29.1. The zero-order valence-corrected chi connectivity index (χ0v) is 14.9. The van der Waals surface area contributed by atoms with E-state index in [2.05, 4.69) is 10.8 Å². The molecule has 1 atom stereocenters. The maximum atomic E-state index is 12.5. The lowest BCUT2D eigenvalue weighted by Crippen LogP contribution is -2.45. The van der Waals surface area contributed by atoms with Crippen molar-refractivity contribution in [2.24, 2.45) is 5.73 Å². The van der Waals surface area contributed by atoms with Crippen molar-refractivity contribution >= 4 is 22.6 Å². The van der Waals surface area contributed by atoms with Crippen LogP contribution >= 0.6 is 12.4 Å². The Hall–Kier alpha value is -1.44. The van der Waals surface area contributed by atoms with Crippen LogP contribution in [0, 0.1) is 0 Å². The molecular weight excluding hydrogens is 346 g/mol. The number of halogens is 1. The largest absolute Gasteiger partial charge is 0.323 e. The minimum atomic E-state index is -3.53. The van der Waals surface area contributed by atoms with Gasteiger partial charge < -0.3 is 5.73 Å². The molecule has 3 N–H and O–H groups in total. The molecule has 0 aliphatic carbocycles. The Kier molecular flexibility index (Phi) is 6.37. The second-order valence-corrected chi connectivity index (χ2v) is 7.48. The summed E-state index contributed by atoms with van der Waals surface area (Å²) in [6.07, 6.45) is 0.738. The zero-order chi connectivity index (χ0) is 16.3. The Bertz CT molecular complexity index is 768. The van der Waals surface area contributed by atoms with Gasteiger partial charge in [0.2, 0.25) is 0 Å². The number of hydrogen-bond acceptors (Lipinski definition) is 3. The smallest absolute Gasteiger partial charge is 0.279 e. The van der Waals surface area contributed by atoms with E-state index in [9.17, 15) is 8.42 Å². The molecule has 0 bridgehead atoms. The second kappa shape index (κ2) is 8.09. The van der Waals surface area contributed by atoms with E-state index in [1.807, 2.05) is 48.5 Å². The highest BCUT2D eigenvalue weighted by Crippen LogP contribution is 2.20. The van der Waals surface area contributed by atoms with Crippen molar-refractivity contribution < 1.29 is 8.42 Å². The molecule has 0 aromatic heterocycles. The molecule has 130 valence electrons. The van der Waals surface area contributed by atoms with Crippen molar-refractivity contribution in [1.82, 2.24) is 9.03 Å². The number of nitrogens with two attached hydrogens (primary N) is 1. The van der Waals surface area contributed by atoms with E-state index in [4.69, 9.17) is 5.73 Å². The molecule has 0 saturated heterocycles. The van der Waals surface area contributed by atoms with Gasteiger partial charge in [-0.15, -0.1) is 12.4 Å². The van der Waals surface area contributed by atoms with E-state index in [0.29, 0.717) is 13.1 Å². The SMILES string of the molecule is Cl.NC(CNS(=O)(=O)N1CCc2ccccc2C1)c1ccccc1. The topological polar surface area (TPSA) is 75.4 Å². The predicted molar refractivity (Wildman–Crippen MR) is 98.1 cm³/mol. The minimum absolute atomic E-state index is 0. The first-order valence-corrected chi connectivity index (χ1v) is 9.12. The standard InChI is InChI=1S/C17H21N3O2S.ClH/c18-17(15-7-2-1-3-8-15)12-19-23(21,22)20-11-10-14-6-4-5-9-16(14)13-20;/h1-9,17,19H,10-13,18H2;1H. The Balaban J connectivity index is 0.00000208. The lowest BCUT2D eigenvalue weighted by molar-refractivity contribution is 0.383. The number of hydrogen-bond donors (Lipinski definition) is 2. The third-order valence-corrected chi connectivity index (χ3v) is 5.67. The van der Waals surface area contributed by atoms with Gasteiger partial charge in [0.05, 0.1) is 0 Å². The van der Waals surface area contributed by atoms with Gasteiger partial charge in [-0.3, -0.25) is 0 Å². The summed E-state index contributed by atoms with van der Waals surface area (Å²) in [4.78, 5) is 0. The molecule has 0 fully saturated rings. The normalized spacial score (nSPS) is 16.0. The van der Waals surface area contributed by atoms with Gasteiger partial charge in [-0.2, -0.15) is 12.7 Å². The van der Waals surface area contributed by atoms with Crippen molar-refractivity contribution in [3.05, 3.63) is 71.3 Å². The fourth-order valence-corrected chi connectivity index (χ4v) is 3.99. The van der Waals surface area contributed by atoms with Crippen LogP contribution in [0.25, 0.3) is 0 Å². The molecule has 0 saturated carbocycles. The summed E-state index contributed by atoms with van der Waals surface area (Å²) in [6.45, 7) is 1.09. The molecule has 1 unspecified atom stereocenters. The Morgan fingerprint density at radius 1 is 1.04 bits per heavy atom. The van der Waals surface area contributed by atoms with E-state index in [1.54, 1.807) is 0 Å². The van der Waals surface area contributed by atoms with Crippen molar-refractivity contribution in [3.63, 3.8) is 0 Å². The van der Waals surface area contributed by atoms with Crippen molar-refractivity contribution in [2.45, 2.75) is 19.0 Å². The molecule has 0 radical (unpaired) electrons. The molecule has 3 rings (SSSR count). The first kappa shape index (κ1) is 18.9. The summed E-state index contributed by atoms with van der Waals surface area (Å²) in [5.74, 6) is 0. The molecule has 2 aromatic rings. The Morgan fingerprint density at radius 2 is 1.67 bits per heavy atom. The van der Waals surface area contributed by atoms with E-state index < -0.39 is 10.2 Å². The van der Waals surface area contributed by atoms with E-state index in [-0.39, 0.29) is 25.0 Å². The van der Waals surface area contributed by atoms with E-state index >= 15 is 0 Å². The molecule has 7 heteroatoms. The van der Waals surface area contributed by atoms with Crippen LogP contribution in [0.4, 0.5) is 0 Å². The maximum absolute atomic E-state index is 12.5. The molecule has 1 aliphatic heterocycles. The fourth-order valence-electron chi connectivity index (χ4n) is 2.78. The molecule has 5 nitrogen and oxygen atoms in total. The maximum Gasteiger partial charge on any atom is 0.279 e. The van der Waals surface area contributed by atoms with Crippen LogP contribution in [0.1, 0.15) is 22.7 Å². The summed E-state index contributed by atoms with van der Waals surface area (Å²) in [7, 11) is -3.53. The van der Waals surface area contributed by atoms with Gasteiger partial charge in [-0.25, -0.2) is 4.72 Å². The Morgan fingerprint density at radius 3 is 2.38 bits per heavy atom. The van der Waals surface area contributed by atoms with E-state index in [1.165, 1.54) is 9.87 Å². The Labute approximate surface area is 149 Å². The van der Waals surface area contributed by atoms with Crippen molar-refractivity contribution in [3.8, 4) is 0 Å². The highest BCUT2D eigenvalue weighted by molar-refractivity contribution is 7.87. The van der Waals surface area contributed by atoms with Gasteiger partial charge in [-0.05, 0) is 23.1 Å². The van der Waals surface area contributed by atoms with Crippen molar-refractivity contribution in [2.75, 3.05) is 13.1 Å². The average Bonchev–Trinajstić information content (AvgIpc) is 2.60. The van der Waals surface area contributed by atoms with Gasteiger partial charge in [0.25, 0.3) is 10.2 Å². The summed E-state index contributed by atoms with van der Waals surface area (Å²) in [5.41, 5.74) is 9.27. The summed E-state index contributed by atoms with van der Waals surface area (Å²) in [5, 5.41) is 0. The highest BCUT2D eigenvalue weighted by Gasteiger charge is 2.26. The quantitative estimate of drug-likeness (QED) is 0.848. The number of nitrogens with zero attached hydrogens (tertiary/aromatic N) is 1. The fraction of sp³-hybridized carbons (Fsp3) is 0.294. The number of benzene rings is 2. The van der Waals surface area contributed by atoms with Crippen LogP contribution in [0.3, 0.4) is 0 Å². The van der Waals surface area contributed by atoms with Crippen LogP contribution < -0.4 is 10.5 Å². The number of rotatable bonds is 5. The third kappa shape index (κ3) is 4.34. The zero-order valence-electron chi connectivity index (χ0n) is 13.3.